The van der Waals surface area contributed by atoms with Gasteiger partial charge in [-0.1, -0.05) is 23.7 Å². The summed E-state index contributed by atoms with van der Waals surface area (Å²) < 4.78 is 5.41. The van der Waals surface area contributed by atoms with Crippen LogP contribution in [-0.4, -0.2) is 67.7 Å². The molecule has 0 aromatic heterocycles. The minimum atomic E-state index is 0. The van der Waals surface area contributed by atoms with Crippen LogP contribution in [-0.2, 0) is 16.1 Å². The maximum Gasteiger partial charge on any atom is 0.224 e. The topological polar surface area (TPSA) is 44.8 Å². The first-order valence-corrected chi connectivity index (χ1v) is 8.64. The predicted molar refractivity (Wildman–Crippen MR) is 105 cm³/mol. The first kappa shape index (κ1) is 22.5. The Morgan fingerprint density at radius 3 is 2.64 bits per heavy atom. The molecule has 142 valence electrons. The second-order valence-electron chi connectivity index (χ2n) is 6.22. The molecular formula is C17H26Cl3N3O2. The second kappa shape index (κ2) is 11.2. The fraction of sp³-hybridized carbons (Fsp3) is 0.588. The SMILES string of the molecule is Cl.Cl.O=C(CC1COCCN1)N1CCN(Cc2cccc(Cl)c2)CC1. The standard InChI is InChI=1S/C17H24ClN3O2.2ClH/c18-15-3-1-2-14(10-15)12-20-5-7-21(8-6-20)17(22)11-16-13-23-9-4-19-16;;/h1-3,10,16,19H,4-9,11-13H2;2*1H. The lowest BCUT2D eigenvalue weighted by Crippen LogP contribution is -2.51. The number of carbonyl (C=O) groups is 1. The molecule has 2 aliphatic heterocycles. The Hall–Kier alpha value is -0.560. The number of carbonyl (C=O) groups excluding carboxylic acids is 1. The van der Waals surface area contributed by atoms with E-state index in [0.717, 1.165) is 50.9 Å². The number of nitrogens with zero attached hydrogens (tertiary/aromatic N) is 2. The zero-order valence-corrected chi connectivity index (χ0v) is 16.5. The van der Waals surface area contributed by atoms with E-state index < -0.39 is 0 Å². The van der Waals surface area contributed by atoms with Gasteiger partial charge in [0.1, 0.15) is 0 Å². The van der Waals surface area contributed by atoms with Crippen LogP contribution in [0.15, 0.2) is 24.3 Å². The number of benzene rings is 1. The first-order chi connectivity index (χ1) is 11.2. The molecule has 1 amide bonds. The van der Waals surface area contributed by atoms with E-state index in [4.69, 9.17) is 16.3 Å². The van der Waals surface area contributed by atoms with Gasteiger partial charge in [-0.25, -0.2) is 0 Å². The van der Waals surface area contributed by atoms with Crippen molar-refractivity contribution in [2.45, 2.75) is 19.0 Å². The summed E-state index contributed by atoms with van der Waals surface area (Å²) in [5.41, 5.74) is 1.22. The molecule has 1 atom stereocenters. The van der Waals surface area contributed by atoms with Crippen LogP contribution in [0.5, 0.6) is 0 Å². The molecule has 25 heavy (non-hydrogen) atoms. The lowest BCUT2D eigenvalue weighted by molar-refractivity contribution is -0.134. The molecule has 1 aromatic carbocycles. The Morgan fingerprint density at radius 1 is 1.24 bits per heavy atom. The van der Waals surface area contributed by atoms with Crippen molar-refractivity contribution in [3.05, 3.63) is 34.9 Å². The fourth-order valence-electron chi connectivity index (χ4n) is 3.14. The summed E-state index contributed by atoms with van der Waals surface area (Å²) in [4.78, 5) is 16.7. The summed E-state index contributed by atoms with van der Waals surface area (Å²) in [6.45, 7) is 6.53. The van der Waals surface area contributed by atoms with Crippen molar-refractivity contribution in [3.8, 4) is 0 Å². The van der Waals surface area contributed by atoms with Gasteiger partial charge >= 0.3 is 0 Å². The van der Waals surface area contributed by atoms with E-state index in [-0.39, 0.29) is 36.8 Å². The van der Waals surface area contributed by atoms with E-state index in [1.165, 1.54) is 5.56 Å². The van der Waals surface area contributed by atoms with Gasteiger partial charge in [0, 0.05) is 56.8 Å². The summed E-state index contributed by atoms with van der Waals surface area (Å²) >= 11 is 6.03. The third-order valence-corrected chi connectivity index (χ3v) is 4.67. The highest BCUT2D eigenvalue weighted by Crippen LogP contribution is 2.14. The maximum atomic E-state index is 12.4. The van der Waals surface area contributed by atoms with Gasteiger partial charge in [0.15, 0.2) is 0 Å². The number of halogens is 3. The van der Waals surface area contributed by atoms with Gasteiger partial charge in [-0.3, -0.25) is 9.69 Å². The Bertz CT molecular complexity index is 534. The van der Waals surface area contributed by atoms with Gasteiger partial charge in [-0.15, -0.1) is 24.8 Å². The van der Waals surface area contributed by atoms with Gasteiger partial charge in [-0.2, -0.15) is 0 Å². The number of amides is 1. The van der Waals surface area contributed by atoms with Crippen molar-refractivity contribution in [2.75, 3.05) is 45.9 Å². The van der Waals surface area contributed by atoms with E-state index in [9.17, 15) is 4.79 Å². The van der Waals surface area contributed by atoms with Gasteiger partial charge < -0.3 is 15.0 Å². The van der Waals surface area contributed by atoms with E-state index >= 15 is 0 Å². The lowest BCUT2D eigenvalue weighted by Gasteiger charge is -2.35. The molecule has 8 heteroatoms. The summed E-state index contributed by atoms with van der Waals surface area (Å²) in [5.74, 6) is 0.232. The molecule has 1 aromatic rings. The van der Waals surface area contributed by atoms with Crippen LogP contribution in [0.2, 0.25) is 5.02 Å². The van der Waals surface area contributed by atoms with Crippen LogP contribution in [0.4, 0.5) is 0 Å². The molecule has 1 N–H and O–H groups in total. The summed E-state index contributed by atoms with van der Waals surface area (Å²) in [6, 6.07) is 8.15. The number of rotatable bonds is 4. The van der Waals surface area contributed by atoms with Crippen molar-refractivity contribution >= 4 is 42.3 Å². The van der Waals surface area contributed by atoms with E-state index in [2.05, 4.69) is 16.3 Å². The number of hydrogen-bond acceptors (Lipinski definition) is 4. The largest absolute Gasteiger partial charge is 0.378 e. The van der Waals surface area contributed by atoms with Gasteiger partial charge in [-0.05, 0) is 17.7 Å². The molecule has 0 aliphatic carbocycles. The van der Waals surface area contributed by atoms with Crippen LogP contribution >= 0.6 is 36.4 Å². The molecule has 5 nitrogen and oxygen atoms in total. The Kier molecular flexibility index (Phi) is 10.1. The molecule has 2 heterocycles. The highest BCUT2D eigenvalue weighted by Gasteiger charge is 2.24. The van der Waals surface area contributed by atoms with Gasteiger partial charge in [0.2, 0.25) is 5.91 Å². The van der Waals surface area contributed by atoms with Crippen LogP contribution in [0.3, 0.4) is 0 Å². The quantitative estimate of drug-likeness (QED) is 0.826. The van der Waals surface area contributed by atoms with Crippen LogP contribution in [0.25, 0.3) is 0 Å². The summed E-state index contributed by atoms with van der Waals surface area (Å²) in [5, 5.41) is 4.12. The number of nitrogens with one attached hydrogen (secondary N) is 1. The van der Waals surface area contributed by atoms with Gasteiger partial charge in [0.05, 0.1) is 13.2 Å². The van der Waals surface area contributed by atoms with E-state index in [1.54, 1.807) is 0 Å². The third-order valence-electron chi connectivity index (χ3n) is 4.44. The minimum Gasteiger partial charge on any atom is -0.378 e. The number of piperazine rings is 1. The Morgan fingerprint density at radius 2 is 2.00 bits per heavy atom. The highest BCUT2D eigenvalue weighted by atomic mass is 35.5. The minimum absolute atomic E-state index is 0. The molecule has 1 unspecified atom stereocenters. The molecule has 2 fully saturated rings. The van der Waals surface area contributed by atoms with Crippen molar-refractivity contribution in [1.82, 2.24) is 15.1 Å². The zero-order chi connectivity index (χ0) is 16.1. The van der Waals surface area contributed by atoms with Crippen LogP contribution < -0.4 is 5.32 Å². The van der Waals surface area contributed by atoms with Crippen LogP contribution in [0.1, 0.15) is 12.0 Å². The number of ether oxygens (including phenoxy) is 1. The Balaban J connectivity index is 0.00000156. The fourth-order valence-corrected chi connectivity index (χ4v) is 3.35. The molecular weight excluding hydrogens is 385 g/mol. The predicted octanol–water partition coefficient (Wildman–Crippen LogP) is 2.21. The molecule has 3 rings (SSSR count). The van der Waals surface area contributed by atoms with Gasteiger partial charge in [0.25, 0.3) is 0 Å². The molecule has 0 saturated carbocycles. The monoisotopic (exact) mass is 409 g/mol. The molecule has 0 radical (unpaired) electrons. The second-order valence-corrected chi connectivity index (χ2v) is 6.65. The average molecular weight is 411 g/mol. The highest BCUT2D eigenvalue weighted by molar-refractivity contribution is 6.30. The maximum absolute atomic E-state index is 12.4. The molecule has 0 spiro atoms. The first-order valence-electron chi connectivity index (χ1n) is 8.26. The van der Waals surface area contributed by atoms with Crippen molar-refractivity contribution < 1.29 is 9.53 Å². The van der Waals surface area contributed by atoms with Crippen molar-refractivity contribution in [2.24, 2.45) is 0 Å². The average Bonchev–Trinajstić information content (AvgIpc) is 2.56. The van der Waals surface area contributed by atoms with Crippen molar-refractivity contribution in [1.29, 1.82) is 0 Å². The Labute approximate surface area is 166 Å². The van der Waals surface area contributed by atoms with Crippen LogP contribution in [0, 0.1) is 0 Å². The molecule has 2 saturated heterocycles. The third kappa shape index (κ3) is 6.93. The zero-order valence-electron chi connectivity index (χ0n) is 14.2. The van der Waals surface area contributed by atoms with E-state index in [1.807, 2.05) is 23.1 Å². The lowest BCUT2D eigenvalue weighted by atomic mass is 10.1. The van der Waals surface area contributed by atoms with Crippen molar-refractivity contribution in [3.63, 3.8) is 0 Å². The number of hydrogen-bond donors (Lipinski definition) is 1. The van der Waals surface area contributed by atoms with E-state index in [0.29, 0.717) is 13.0 Å². The molecule has 2 aliphatic rings. The smallest absolute Gasteiger partial charge is 0.224 e. The summed E-state index contributed by atoms with van der Waals surface area (Å²) in [6.07, 6.45) is 0.536. The number of morpholine rings is 1. The molecule has 0 bridgehead atoms. The normalized spacial score (nSPS) is 21.2. The summed E-state index contributed by atoms with van der Waals surface area (Å²) in [7, 11) is 0.